The third-order valence-electron chi connectivity index (χ3n) is 3.24. The predicted molar refractivity (Wildman–Crippen MR) is 77.8 cm³/mol. The molecule has 0 saturated carbocycles. The molecule has 4 amide bonds. The van der Waals surface area contributed by atoms with Crippen molar-refractivity contribution in [2.24, 2.45) is 0 Å². The van der Waals surface area contributed by atoms with E-state index in [1.54, 1.807) is 0 Å². The molecule has 9 nitrogen and oxygen atoms in total. The first-order valence-electron chi connectivity index (χ1n) is 6.55. The van der Waals surface area contributed by atoms with Crippen molar-refractivity contribution < 1.29 is 27.6 Å². The van der Waals surface area contributed by atoms with Crippen LogP contribution >= 0.6 is 11.8 Å². The molecule has 2 aliphatic heterocycles. The second-order valence-corrected chi connectivity index (χ2v) is 8.08. The van der Waals surface area contributed by atoms with E-state index >= 15 is 0 Å². The maximum absolute atomic E-state index is 11.6. The van der Waals surface area contributed by atoms with Gasteiger partial charge in [0.05, 0.1) is 17.3 Å². The molecule has 1 unspecified atom stereocenters. The third-order valence-corrected chi connectivity index (χ3v) is 5.86. The minimum absolute atomic E-state index is 0.00148. The number of nitrogens with zero attached hydrogens (tertiary/aromatic N) is 1. The van der Waals surface area contributed by atoms with Gasteiger partial charge in [-0.3, -0.25) is 24.1 Å². The lowest BCUT2D eigenvalue weighted by molar-refractivity contribution is -0.139. The number of carbonyl (C=O) groups excluding carboxylic acids is 4. The van der Waals surface area contributed by atoms with Crippen LogP contribution in [0.25, 0.3) is 0 Å². The molecule has 2 N–H and O–H groups in total. The molecule has 2 fully saturated rings. The maximum Gasteiger partial charge on any atom is 0.309 e. The van der Waals surface area contributed by atoms with E-state index in [1.165, 1.54) is 0 Å². The van der Waals surface area contributed by atoms with Crippen molar-refractivity contribution in [1.29, 1.82) is 0 Å². The Bertz CT molecular complexity index is 601. The number of thioether (sulfide) groups is 1. The summed E-state index contributed by atoms with van der Waals surface area (Å²) in [6.45, 7) is -0.0330. The molecule has 2 aliphatic rings. The van der Waals surface area contributed by atoms with Crippen LogP contribution in [0.3, 0.4) is 0 Å². The van der Waals surface area contributed by atoms with Crippen LogP contribution in [0.2, 0.25) is 0 Å². The summed E-state index contributed by atoms with van der Waals surface area (Å²) in [4.78, 5) is 46.8. The van der Waals surface area contributed by atoms with Gasteiger partial charge in [-0.1, -0.05) is 11.8 Å². The molecular weight excluding hydrogens is 334 g/mol. The zero-order valence-electron chi connectivity index (χ0n) is 11.5. The summed E-state index contributed by atoms with van der Waals surface area (Å²) in [6.07, 6.45) is 0.287. The maximum atomic E-state index is 11.6. The highest BCUT2D eigenvalue weighted by Gasteiger charge is 2.31. The summed E-state index contributed by atoms with van der Waals surface area (Å²) in [7, 11) is -3.14. The third kappa shape index (κ3) is 4.19. The van der Waals surface area contributed by atoms with E-state index in [1.807, 2.05) is 0 Å². The molecule has 0 aromatic heterocycles. The Balaban J connectivity index is 1.72. The fraction of sp³-hybridized carbons (Fsp3) is 0.636. The number of hydrogen-bond acceptors (Lipinski definition) is 7. The lowest BCUT2D eigenvalue weighted by atomic mass is 10.2. The molecule has 22 heavy (non-hydrogen) atoms. The van der Waals surface area contributed by atoms with Crippen LogP contribution in [-0.2, 0) is 24.2 Å². The zero-order chi connectivity index (χ0) is 16.3. The van der Waals surface area contributed by atoms with E-state index in [0.717, 1.165) is 16.7 Å². The van der Waals surface area contributed by atoms with Crippen LogP contribution in [0.4, 0.5) is 4.79 Å². The molecule has 11 heteroatoms. The first kappa shape index (κ1) is 16.7. The monoisotopic (exact) mass is 349 g/mol. The molecule has 0 aromatic carbocycles. The van der Waals surface area contributed by atoms with Gasteiger partial charge in [0, 0.05) is 19.1 Å². The Kier molecular flexibility index (Phi) is 5.06. The molecule has 2 saturated heterocycles. The number of amides is 4. The second kappa shape index (κ2) is 6.65. The van der Waals surface area contributed by atoms with Gasteiger partial charge in [-0.2, -0.15) is 0 Å². The van der Waals surface area contributed by atoms with Gasteiger partial charge in [0.2, 0.25) is 5.91 Å². The Hall–Kier alpha value is -1.62. The lowest BCUT2D eigenvalue weighted by Crippen LogP contribution is -2.47. The largest absolute Gasteiger partial charge is 0.346 e. The van der Waals surface area contributed by atoms with Gasteiger partial charge < -0.3 is 10.6 Å². The Labute approximate surface area is 131 Å². The smallest absolute Gasteiger partial charge is 0.309 e. The summed E-state index contributed by atoms with van der Waals surface area (Å²) < 4.78 is 22.5. The Morgan fingerprint density at radius 2 is 2.00 bits per heavy atom. The molecule has 0 spiro atoms. The number of nitrogens with one attached hydrogen (secondary N) is 2. The fourth-order valence-electron chi connectivity index (χ4n) is 2.12. The Morgan fingerprint density at radius 3 is 2.55 bits per heavy atom. The molecule has 1 atom stereocenters. The zero-order valence-corrected chi connectivity index (χ0v) is 13.2. The lowest BCUT2D eigenvalue weighted by Gasteiger charge is -2.14. The number of carbonyl (C=O) groups is 4. The van der Waals surface area contributed by atoms with Crippen LogP contribution in [0.5, 0.6) is 0 Å². The van der Waals surface area contributed by atoms with Gasteiger partial charge in [-0.25, -0.2) is 8.42 Å². The molecular formula is C11H15N3O6S2. The van der Waals surface area contributed by atoms with Crippen molar-refractivity contribution in [1.82, 2.24) is 15.5 Å². The minimum Gasteiger partial charge on any atom is -0.346 e. The molecule has 0 aliphatic carbocycles. The number of hydrogen-bond donors (Lipinski definition) is 2. The summed E-state index contributed by atoms with van der Waals surface area (Å²) in [6, 6.07) is -0.554. The van der Waals surface area contributed by atoms with Crippen molar-refractivity contribution >= 4 is 44.6 Å². The Morgan fingerprint density at radius 1 is 1.27 bits per heavy atom. The fourth-order valence-corrected chi connectivity index (χ4v) is 4.54. The van der Waals surface area contributed by atoms with Crippen molar-refractivity contribution in [3.63, 3.8) is 0 Å². The van der Waals surface area contributed by atoms with Gasteiger partial charge >= 0.3 is 11.8 Å². The summed E-state index contributed by atoms with van der Waals surface area (Å²) in [5.41, 5.74) is 0. The van der Waals surface area contributed by atoms with Gasteiger partial charge in [0.25, 0.3) is 5.24 Å². The normalized spacial score (nSPS) is 23.6. The van der Waals surface area contributed by atoms with Crippen molar-refractivity contribution in [2.45, 2.75) is 12.5 Å². The predicted octanol–water partition coefficient (Wildman–Crippen LogP) is -1.90. The molecule has 2 heterocycles. The number of rotatable bonds is 4. The van der Waals surface area contributed by atoms with Crippen molar-refractivity contribution in [2.75, 3.05) is 30.3 Å². The van der Waals surface area contributed by atoms with E-state index in [0.29, 0.717) is 0 Å². The van der Waals surface area contributed by atoms with Gasteiger partial charge in [0.1, 0.15) is 0 Å². The molecule has 0 aromatic rings. The van der Waals surface area contributed by atoms with Gasteiger partial charge in [-0.05, 0) is 6.42 Å². The minimum atomic E-state index is -3.14. The first-order chi connectivity index (χ1) is 10.3. The van der Waals surface area contributed by atoms with E-state index < -0.39 is 27.7 Å². The van der Waals surface area contributed by atoms with Crippen molar-refractivity contribution in [3.8, 4) is 0 Å². The average molecular weight is 349 g/mol. The van der Waals surface area contributed by atoms with E-state index in [9.17, 15) is 27.6 Å². The number of sulfone groups is 1. The van der Waals surface area contributed by atoms with Gasteiger partial charge in [0.15, 0.2) is 9.84 Å². The highest BCUT2D eigenvalue weighted by atomic mass is 32.2. The second-order valence-electron chi connectivity index (χ2n) is 4.93. The van der Waals surface area contributed by atoms with Crippen LogP contribution in [-0.4, -0.2) is 72.7 Å². The van der Waals surface area contributed by atoms with E-state index in [4.69, 9.17) is 0 Å². The van der Waals surface area contributed by atoms with E-state index in [-0.39, 0.29) is 47.9 Å². The van der Waals surface area contributed by atoms with Crippen molar-refractivity contribution in [3.05, 3.63) is 0 Å². The SMILES string of the molecule is O=C(NCCN1C(=O)CSC1=O)C(=O)NC1CCS(=O)(=O)C1. The van der Waals surface area contributed by atoms with Crippen LogP contribution in [0.1, 0.15) is 6.42 Å². The number of imide groups is 1. The average Bonchev–Trinajstić information content (AvgIpc) is 2.94. The highest BCUT2D eigenvalue weighted by molar-refractivity contribution is 8.14. The highest BCUT2D eigenvalue weighted by Crippen LogP contribution is 2.17. The topological polar surface area (TPSA) is 130 Å². The van der Waals surface area contributed by atoms with Crippen LogP contribution in [0.15, 0.2) is 0 Å². The summed E-state index contributed by atoms with van der Waals surface area (Å²) in [5, 5.41) is 4.26. The van der Waals surface area contributed by atoms with Gasteiger partial charge in [-0.15, -0.1) is 0 Å². The molecule has 2 rings (SSSR count). The first-order valence-corrected chi connectivity index (χ1v) is 9.35. The quantitative estimate of drug-likeness (QED) is 0.567. The van der Waals surface area contributed by atoms with E-state index in [2.05, 4.69) is 10.6 Å². The summed E-state index contributed by atoms with van der Waals surface area (Å²) >= 11 is 0.888. The standard InChI is InChI=1S/C11H15N3O6S2/c15-8-5-21-11(18)14(8)3-2-12-9(16)10(17)13-7-1-4-22(19,20)6-7/h7H,1-6H2,(H,12,16)(H,13,17). The van der Waals surface area contributed by atoms with Crippen LogP contribution in [0, 0.1) is 0 Å². The molecule has 0 radical (unpaired) electrons. The molecule has 0 bridgehead atoms. The summed E-state index contributed by atoms with van der Waals surface area (Å²) in [5.74, 6) is -2.25. The van der Waals surface area contributed by atoms with Crippen LogP contribution < -0.4 is 10.6 Å². The molecule has 122 valence electrons.